The van der Waals surface area contributed by atoms with Gasteiger partial charge in [0.15, 0.2) is 11.0 Å². The van der Waals surface area contributed by atoms with Crippen LogP contribution in [0.3, 0.4) is 0 Å². The van der Waals surface area contributed by atoms with Crippen LogP contribution in [0.5, 0.6) is 0 Å². The Bertz CT molecular complexity index is 1230. The van der Waals surface area contributed by atoms with Gasteiger partial charge in [-0.25, -0.2) is 0 Å². The number of thioether (sulfide) groups is 1. The average molecular weight is 545 g/mol. The van der Waals surface area contributed by atoms with Crippen LogP contribution in [0.2, 0.25) is 10.0 Å². The quantitative estimate of drug-likeness (QED) is 0.369. The number of benzene rings is 2. The van der Waals surface area contributed by atoms with Crippen molar-refractivity contribution in [3.8, 4) is 17.1 Å². The molecule has 12 heteroatoms. The predicted molar refractivity (Wildman–Crippen MR) is 129 cm³/mol. The smallest absolute Gasteiger partial charge is 0.372 e. The Morgan fingerprint density at radius 1 is 1.11 bits per heavy atom. The van der Waals surface area contributed by atoms with E-state index in [1.165, 1.54) is 16.7 Å². The topological polar surface area (TPSA) is 60.2 Å². The molecular weight excluding hydrogens is 524 g/mol. The van der Waals surface area contributed by atoms with Crippen molar-refractivity contribution in [3.05, 3.63) is 58.1 Å². The van der Waals surface area contributed by atoms with E-state index in [2.05, 4.69) is 10.2 Å². The van der Waals surface area contributed by atoms with Gasteiger partial charge in [0.05, 0.1) is 34.2 Å². The molecule has 0 aliphatic carbocycles. The lowest BCUT2D eigenvalue weighted by Gasteiger charge is -2.35. The second-order valence-corrected chi connectivity index (χ2v) is 9.94. The first-order valence-electron chi connectivity index (χ1n) is 10.7. The van der Waals surface area contributed by atoms with Crippen LogP contribution >= 0.6 is 35.0 Å². The number of carbonyl (C=O) groups is 1. The Morgan fingerprint density at radius 2 is 1.83 bits per heavy atom. The molecule has 1 saturated heterocycles. The molecule has 35 heavy (non-hydrogen) atoms. The predicted octanol–water partition coefficient (Wildman–Crippen LogP) is 5.99. The molecule has 1 aliphatic heterocycles. The SMILES string of the molecule is C[C@@H]1CN(C(=O)CSc2nnc(-c3cccc(Cl)c3)n2-c2ccc(Cl)c(C(F)(F)F)c2)C[C@H](C)O1. The summed E-state index contributed by atoms with van der Waals surface area (Å²) in [7, 11) is 0. The Morgan fingerprint density at radius 3 is 2.49 bits per heavy atom. The molecule has 1 aliphatic rings. The van der Waals surface area contributed by atoms with E-state index >= 15 is 0 Å². The van der Waals surface area contributed by atoms with E-state index < -0.39 is 16.8 Å². The van der Waals surface area contributed by atoms with Gasteiger partial charge in [-0.2, -0.15) is 13.2 Å². The number of hydrogen-bond acceptors (Lipinski definition) is 5. The molecule has 0 unspecified atom stereocenters. The summed E-state index contributed by atoms with van der Waals surface area (Å²) in [4.78, 5) is 14.6. The van der Waals surface area contributed by atoms with Crippen LogP contribution in [0.15, 0.2) is 47.6 Å². The number of amides is 1. The fraction of sp³-hybridized carbons (Fsp3) is 0.348. The minimum atomic E-state index is -4.65. The van der Waals surface area contributed by atoms with Crippen molar-refractivity contribution >= 4 is 40.9 Å². The molecule has 186 valence electrons. The summed E-state index contributed by atoms with van der Waals surface area (Å²) >= 11 is 13.1. The van der Waals surface area contributed by atoms with E-state index in [1.807, 2.05) is 13.8 Å². The summed E-state index contributed by atoms with van der Waals surface area (Å²) in [5.74, 6) is 0.196. The number of morpholine rings is 1. The zero-order chi connectivity index (χ0) is 25.3. The highest BCUT2D eigenvalue weighted by Gasteiger charge is 2.34. The maximum absolute atomic E-state index is 13.6. The lowest BCUT2D eigenvalue weighted by Crippen LogP contribution is -2.48. The maximum atomic E-state index is 13.6. The molecule has 2 aromatic carbocycles. The summed E-state index contributed by atoms with van der Waals surface area (Å²) in [6.07, 6.45) is -4.81. The van der Waals surface area contributed by atoms with Crippen molar-refractivity contribution in [3.63, 3.8) is 0 Å². The van der Waals surface area contributed by atoms with Crippen LogP contribution in [0.4, 0.5) is 13.2 Å². The first-order chi connectivity index (χ1) is 16.5. The number of nitrogens with zero attached hydrogens (tertiary/aromatic N) is 4. The highest BCUT2D eigenvalue weighted by molar-refractivity contribution is 7.99. The van der Waals surface area contributed by atoms with E-state index in [0.717, 1.165) is 17.8 Å². The number of alkyl halides is 3. The summed E-state index contributed by atoms with van der Waals surface area (Å²) in [5.41, 5.74) is -0.265. The fourth-order valence-corrected chi connectivity index (χ4v) is 5.15. The molecule has 1 aromatic heterocycles. The Labute approximate surface area is 214 Å². The lowest BCUT2D eigenvalue weighted by molar-refractivity contribution is -0.140. The molecular formula is C23H21Cl2F3N4O2S. The van der Waals surface area contributed by atoms with Crippen molar-refractivity contribution in [2.24, 2.45) is 0 Å². The van der Waals surface area contributed by atoms with Gasteiger partial charge in [0.2, 0.25) is 5.91 Å². The van der Waals surface area contributed by atoms with Crippen LogP contribution < -0.4 is 0 Å². The first kappa shape index (κ1) is 25.8. The van der Waals surface area contributed by atoms with E-state index in [9.17, 15) is 18.0 Å². The second kappa shape index (κ2) is 10.4. The molecule has 0 N–H and O–H groups in total. The van der Waals surface area contributed by atoms with E-state index in [1.54, 1.807) is 29.2 Å². The third-order valence-electron chi connectivity index (χ3n) is 5.33. The highest BCUT2D eigenvalue weighted by Crippen LogP contribution is 2.37. The monoisotopic (exact) mass is 544 g/mol. The van der Waals surface area contributed by atoms with Gasteiger partial charge >= 0.3 is 6.18 Å². The molecule has 6 nitrogen and oxygen atoms in total. The zero-order valence-electron chi connectivity index (χ0n) is 18.7. The molecule has 0 radical (unpaired) electrons. The minimum Gasteiger partial charge on any atom is -0.372 e. The fourth-order valence-electron chi connectivity index (χ4n) is 3.88. The van der Waals surface area contributed by atoms with Gasteiger partial charge in [-0.05, 0) is 44.2 Å². The Hall–Kier alpha value is -2.27. The average Bonchev–Trinajstić information content (AvgIpc) is 3.20. The van der Waals surface area contributed by atoms with Gasteiger partial charge in [0.1, 0.15) is 0 Å². The second-order valence-electron chi connectivity index (χ2n) is 8.16. The van der Waals surface area contributed by atoms with Crippen molar-refractivity contribution in [1.29, 1.82) is 0 Å². The van der Waals surface area contributed by atoms with Crippen molar-refractivity contribution in [2.75, 3.05) is 18.8 Å². The summed E-state index contributed by atoms with van der Waals surface area (Å²) in [5, 5.41) is 8.67. The number of rotatable bonds is 5. The van der Waals surface area contributed by atoms with E-state index in [4.69, 9.17) is 27.9 Å². The Balaban J connectivity index is 1.70. The molecule has 1 fully saturated rings. The number of aromatic nitrogens is 3. The maximum Gasteiger partial charge on any atom is 0.417 e. The van der Waals surface area contributed by atoms with Crippen LogP contribution in [0, 0.1) is 0 Å². The van der Waals surface area contributed by atoms with Gasteiger partial charge in [0.25, 0.3) is 0 Å². The van der Waals surface area contributed by atoms with E-state index in [0.29, 0.717) is 23.7 Å². The van der Waals surface area contributed by atoms with Gasteiger partial charge in [0, 0.05) is 23.7 Å². The van der Waals surface area contributed by atoms with Crippen LogP contribution in [-0.4, -0.2) is 56.6 Å². The van der Waals surface area contributed by atoms with Crippen molar-refractivity contribution in [1.82, 2.24) is 19.7 Å². The summed E-state index contributed by atoms with van der Waals surface area (Å²) < 4.78 is 47.8. The summed E-state index contributed by atoms with van der Waals surface area (Å²) in [6.45, 7) is 4.73. The van der Waals surface area contributed by atoms with Crippen LogP contribution in [0.1, 0.15) is 19.4 Å². The molecule has 2 heterocycles. The van der Waals surface area contributed by atoms with Gasteiger partial charge in [-0.15, -0.1) is 10.2 Å². The number of ether oxygens (including phenoxy) is 1. The zero-order valence-corrected chi connectivity index (χ0v) is 21.0. The molecule has 3 aromatic rings. The molecule has 0 bridgehead atoms. The molecule has 2 atom stereocenters. The summed E-state index contributed by atoms with van der Waals surface area (Å²) in [6, 6.07) is 10.3. The number of hydrogen-bond donors (Lipinski definition) is 0. The Kier molecular flexibility index (Phi) is 7.65. The van der Waals surface area contributed by atoms with Crippen LogP contribution in [-0.2, 0) is 15.7 Å². The molecule has 0 saturated carbocycles. The number of halogens is 5. The van der Waals surface area contributed by atoms with Gasteiger partial charge < -0.3 is 9.64 Å². The molecule has 1 amide bonds. The van der Waals surface area contributed by atoms with Gasteiger partial charge in [-0.3, -0.25) is 9.36 Å². The van der Waals surface area contributed by atoms with Crippen molar-refractivity contribution < 1.29 is 22.7 Å². The van der Waals surface area contributed by atoms with Gasteiger partial charge in [-0.1, -0.05) is 47.1 Å². The standard InChI is InChI=1S/C23H21Cl2F3N4O2S/c1-13-10-31(11-14(2)34-13)20(33)12-35-22-30-29-21(15-4-3-5-16(24)8-15)32(22)17-6-7-19(25)18(9-17)23(26,27)28/h3-9,13-14H,10-12H2,1-2H3/t13-,14+. The van der Waals surface area contributed by atoms with Crippen molar-refractivity contribution in [2.45, 2.75) is 37.4 Å². The lowest BCUT2D eigenvalue weighted by atomic mass is 10.1. The normalized spacial score (nSPS) is 18.7. The highest BCUT2D eigenvalue weighted by atomic mass is 35.5. The molecule has 4 rings (SSSR count). The van der Waals surface area contributed by atoms with Crippen LogP contribution in [0.25, 0.3) is 17.1 Å². The third kappa shape index (κ3) is 5.94. The number of carbonyl (C=O) groups excluding carboxylic acids is 1. The first-order valence-corrected chi connectivity index (χ1v) is 12.4. The van der Waals surface area contributed by atoms with E-state index in [-0.39, 0.29) is 40.5 Å². The minimum absolute atomic E-state index is 0.0346. The largest absolute Gasteiger partial charge is 0.417 e. The third-order valence-corrected chi connectivity index (χ3v) is 6.81. The molecule has 0 spiro atoms.